The zero-order chi connectivity index (χ0) is 21.9. The maximum Gasteiger partial charge on any atom is 0.406 e. The summed E-state index contributed by atoms with van der Waals surface area (Å²) in [4.78, 5) is 24.7. The molecule has 1 aromatic carbocycles. The fourth-order valence-electron chi connectivity index (χ4n) is 3.68. The molecule has 166 valence electrons. The number of nitrogens with zero attached hydrogens (tertiary/aromatic N) is 2. The molecule has 3 rings (SSSR count). The van der Waals surface area contributed by atoms with Crippen LogP contribution in [0.4, 0.5) is 13.2 Å². The Balaban J connectivity index is 1.54. The molecule has 7 nitrogen and oxygen atoms in total. The standard InChI is InChI=1S/C19H24F3N3O4S/c20-19(21,22)13-24-12-15(10-17(24)26)18(27)23-11-14-4-6-16(7-5-14)30(28,29)25-8-2-1-3-9-25/h4-7,15H,1-3,8-13H2,(H,23,27). The van der Waals surface area contributed by atoms with Crippen molar-refractivity contribution >= 4 is 21.8 Å². The first-order valence-corrected chi connectivity index (χ1v) is 11.2. The van der Waals surface area contributed by atoms with Gasteiger partial charge in [-0.05, 0) is 30.5 Å². The molecule has 1 N–H and O–H groups in total. The van der Waals surface area contributed by atoms with Crippen molar-refractivity contribution in [3.05, 3.63) is 29.8 Å². The van der Waals surface area contributed by atoms with E-state index in [2.05, 4.69) is 5.32 Å². The van der Waals surface area contributed by atoms with Gasteiger partial charge in [-0.25, -0.2) is 8.42 Å². The number of piperidine rings is 1. The molecule has 0 spiro atoms. The molecule has 2 aliphatic heterocycles. The number of nitrogens with one attached hydrogen (secondary N) is 1. The summed E-state index contributed by atoms with van der Waals surface area (Å²) >= 11 is 0. The molecule has 2 heterocycles. The minimum absolute atomic E-state index is 0.0901. The van der Waals surface area contributed by atoms with Crippen molar-refractivity contribution in [2.45, 2.75) is 43.3 Å². The minimum Gasteiger partial charge on any atom is -0.352 e. The maximum atomic E-state index is 12.6. The Morgan fingerprint density at radius 1 is 1.10 bits per heavy atom. The summed E-state index contributed by atoms with van der Waals surface area (Å²) in [6.45, 7) is -0.524. The molecule has 0 saturated carbocycles. The first-order chi connectivity index (χ1) is 14.1. The SMILES string of the molecule is O=C(NCc1ccc(S(=O)(=O)N2CCCCC2)cc1)C1CC(=O)N(CC(F)(F)F)C1. The first kappa shape index (κ1) is 22.5. The van der Waals surface area contributed by atoms with Crippen molar-refractivity contribution in [3.63, 3.8) is 0 Å². The van der Waals surface area contributed by atoms with Gasteiger partial charge in [-0.3, -0.25) is 9.59 Å². The van der Waals surface area contributed by atoms with Gasteiger partial charge in [0.1, 0.15) is 6.54 Å². The van der Waals surface area contributed by atoms with E-state index in [0.29, 0.717) is 23.6 Å². The van der Waals surface area contributed by atoms with Gasteiger partial charge in [-0.2, -0.15) is 17.5 Å². The zero-order valence-electron chi connectivity index (χ0n) is 16.3. The van der Waals surface area contributed by atoms with Gasteiger partial charge in [-0.15, -0.1) is 0 Å². The lowest BCUT2D eigenvalue weighted by molar-refractivity contribution is -0.157. The quantitative estimate of drug-likeness (QED) is 0.722. The van der Waals surface area contributed by atoms with Crippen molar-refractivity contribution in [1.29, 1.82) is 0 Å². The zero-order valence-corrected chi connectivity index (χ0v) is 17.1. The number of likely N-dealkylation sites (tertiary alicyclic amines) is 1. The smallest absolute Gasteiger partial charge is 0.352 e. The summed E-state index contributed by atoms with van der Waals surface area (Å²) in [7, 11) is -3.54. The third-order valence-electron chi connectivity index (χ3n) is 5.30. The summed E-state index contributed by atoms with van der Waals surface area (Å²) in [5, 5.41) is 2.61. The Morgan fingerprint density at radius 2 is 1.73 bits per heavy atom. The number of amides is 2. The summed E-state index contributed by atoms with van der Waals surface area (Å²) in [5.74, 6) is -2.03. The van der Waals surface area contributed by atoms with E-state index in [4.69, 9.17) is 0 Å². The number of sulfonamides is 1. The Bertz CT molecular complexity index is 881. The number of carbonyl (C=O) groups is 2. The third-order valence-corrected chi connectivity index (χ3v) is 7.21. The molecule has 2 fully saturated rings. The van der Waals surface area contributed by atoms with Crippen LogP contribution in [0.1, 0.15) is 31.2 Å². The van der Waals surface area contributed by atoms with Crippen molar-refractivity contribution < 1.29 is 31.2 Å². The minimum atomic E-state index is -4.50. The normalized spacial score (nSPS) is 21.1. The maximum absolute atomic E-state index is 12.6. The van der Waals surface area contributed by atoms with E-state index < -0.39 is 40.5 Å². The number of carbonyl (C=O) groups excluding carboxylic acids is 2. The fourth-order valence-corrected chi connectivity index (χ4v) is 5.20. The molecule has 0 radical (unpaired) electrons. The number of alkyl halides is 3. The van der Waals surface area contributed by atoms with Crippen LogP contribution in [0.25, 0.3) is 0 Å². The molecule has 0 aliphatic carbocycles. The van der Waals surface area contributed by atoms with Crippen molar-refractivity contribution in [2.24, 2.45) is 5.92 Å². The van der Waals surface area contributed by atoms with Crippen LogP contribution in [-0.4, -0.2) is 61.8 Å². The molecule has 0 bridgehead atoms. The lowest BCUT2D eigenvalue weighted by Gasteiger charge is -2.25. The van der Waals surface area contributed by atoms with Gasteiger partial charge < -0.3 is 10.2 Å². The Morgan fingerprint density at radius 3 is 2.33 bits per heavy atom. The summed E-state index contributed by atoms with van der Waals surface area (Å²) in [5.41, 5.74) is 0.650. The largest absolute Gasteiger partial charge is 0.406 e. The highest BCUT2D eigenvalue weighted by Crippen LogP contribution is 2.24. The van der Waals surface area contributed by atoms with Crippen LogP contribution in [0, 0.1) is 5.92 Å². The second-order valence-electron chi connectivity index (χ2n) is 7.62. The first-order valence-electron chi connectivity index (χ1n) is 9.77. The highest BCUT2D eigenvalue weighted by molar-refractivity contribution is 7.89. The Hall–Kier alpha value is -2.14. The second-order valence-corrected chi connectivity index (χ2v) is 9.55. The summed E-state index contributed by atoms with van der Waals surface area (Å²) in [6.07, 6.45) is -2.06. The molecule has 11 heteroatoms. The van der Waals surface area contributed by atoms with Crippen LogP contribution in [0.3, 0.4) is 0 Å². The van der Waals surface area contributed by atoms with E-state index in [-0.39, 0.29) is 24.4 Å². The molecule has 2 saturated heterocycles. The van der Waals surface area contributed by atoms with Gasteiger partial charge in [0, 0.05) is 32.6 Å². The number of halogens is 3. The number of hydrogen-bond acceptors (Lipinski definition) is 4. The molecule has 30 heavy (non-hydrogen) atoms. The third kappa shape index (κ3) is 5.51. The van der Waals surface area contributed by atoms with Crippen LogP contribution in [0.15, 0.2) is 29.2 Å². The molecule has 2 amide bonds. The summed E-state index contributed by atoms with van der Waals surface area (Å²) < 4.78 is 64.2. The molecular weight excluding hydrogens is 423 g/mol. The van der Waals surface area contributed by atoms with Gasteiger partial charge >= 0.3 is 6.18 Å². The molecule has 1 aromatic rings. The van der Waals surface area contributed by atoms with Crippen LogP contribution in [-0.2, 0) is 26.2 Å². The topological polar surface area (TPSA) is 86.8 Å². The molecule has 1 atom stereocenters. The van der Waals surface area contributed by atoms with Crippen LogP contribution >= 0.6 is 0 Å². The van der Waals surface area contributed by atoms with Gasteiger partial charge in [0.2, 0.25) is 21.8 Å². The average molecular weight is 447 g/mol. The molecular formula is C19H24F3N3O4S. The van der Waals surface area contributed by atoms with E-state index >= 15 is 0 Å². The fraction of sp³-hybridized carbons (Fsp3) is 0.579. The van der Waals surface area contributed by atoms with Crippen molar-refractivity contribution in [1.82, 2.24) is 14.5 Å². The molecule has 1 unspecified atom stereocenters. The van der Waals surface area contributed by atoms with E-state index in [1.54, 1.807) is 12.1 Å². The lowest BCUT2D eigenvalue weighted by Crippen LogP contribution is -2.37. The Kier molecular flexibility index (Phi) is 6.71. The average Bonchev–Trinajstić information content (AvgIpc) is 3.06. The molecule has 0 aromatic heterocycles. The van der Waals surface area contributed by atoms with E-state index in [0.717, 1.165) is 19.3 Å². The number of benzene rings is 1. The lowest BCUT2D eigenvalue weighted by atomic mass is 10.1. The van der Waals surface area contributed by atoms with Gasteiger partial charge in [-0.1, -0.05) is 18.6 Å². The second kappa shape index (κ2) is 8.93. The monoisotopic (exact) mass is 447 g/mol. The van der Waals surface area contributed by atoms with Crippen LogP contribution < -0.4 is 5.32 Å². The van der Waals surface area contributed by atoms with Crippen LogP contribution in [0.2, 0.25) is 0 Å². The van der Waals surface area contributed by atoms with E-state index in [9.17, 15) is 31.2 Å². The molecule has 2 aliphatic rings. The predicted octanol–water partition coefficient (Wildman–Crippen LogP) is 1.89. The van der Waals surface area contributed by atoms with Crippen molar-refractivity contribution in [2.75, 3.05) is 26.2 Å². The predicted molar refractivity (Wildman–Crippen MR) is 102 cm³/mol. The van der Waals surface area contributed by atoms with Crippen LogP contribution in [0.5, 0.6) is 0 Å². The highest BCUT2D eigenvalue weighted by atomic mass is 32.2. The Labute approximate surface area is 173 Å². The number of rotatable bonds is 6. The summed E-state index contributed by atoms with van der Waals surface area (Å²) in [6, 6.07) is 6.14. The van der Waals surface area contributed by atoms with Gasteiger partial charge in [0.25, 0.3) is 0 Å². The highest BCUT2D eigenvalue weighted by Gasteiger charge is 2.40. The van der Waals surface area contributed by atoms with Gasteiger partial charge in [0.05, 0.1) is 10.8 Å². The van der Waals surface area contributed by atoms with E-state index in [1.807, 2.05) is 0 Å². The van der Waals surface area contributed by atoms with E-state index in [1.165, 1.54) is 16.4 Å². The van der Waals surface area contributed by atoms with Gasteiger partial charge in [0.15, 0.2) is 0 Å². The number of hydrogen-bond donors (Lipinski definition) is 1. The van der Waals surface area contributed by atoms with Crippen molar-refractivity contribution in [3.8, 4) is 0 Å².